The Labute approximate surface area is 221 Å². The lowest BCUT2D eigenvalue weighted by molar-refractivity contribution is -0.155. The summed E-state index contributed by atoms with van der Waals surface area (Å²) >= 11 is 0. The summed E-state index contributed by atoms with van der Waals surface area (Å²) in [6.07, 6.45) is 1.15. The number of halogens is 1. The quantitative estimate of drug-likeness (QED) is 0.564. The van der Waals surface area contributed by atoms with E-state index in [9.17, 15) is 9.65 Å². The summed E-state index contributed by atoms with van der Waals surface area (Å²) in [5.74, 6) is -0.422. The molecule has 9 nitrogen and oxygen atoms in total. The van der Waals surface area contributed by atoms with Crippen molar-refractivity contribution in [3.8, 4) is 6.07 Å². The second kappa shape index (κ2) is 9.20. The number of hydrogen-bond acceptors (Lipinski definition) is 8. The third-order valence-corrected chi connectivity index (χ3v) is 8.36. The van der Waals surface area contributed by atoms with Gasteiger partial charge in [0, 0.05) is 64.6 Å². The zero-order valence-corrected chi connectivity index (χ0v) is 21.6. The maximum absolute atomic E-state index is 14.7. The van der Waals surface area contributed by atoms with Crippen molar-refractivity contribution in [2.24, 2.45) is 0 Å². The van der Waals surface area contributed by atoms with Crippen LogP contribution in [0.2, 0.25) is 0 Å². The number of aromatic nitrogens is 2. The molecule has 1 spiro atoms. The van der Waals surface area contributed by atoms with Gasteiger partial charge < -0.3 is 24.6 Å². The maximum Gasteiger partial charge on any atom is 0.171 e. The smallest absolute Gasteiger partial charge is 0.171 e. The molecule has 0 amide bonds. The highest BCUT2D eigenvalue weighted by molar-refractivity contribution is 5.74. The van der Waals surface area contributed by atoms with E-state index in [-0.39, 0.29) is 17.8 Å². The van der Waals surface area contributed by atoms with Gasteiger partial charge in [-0.3, -0.25) is 4.90 Å². The van der Waals surface area contributed by atoms with Crippen molar-refractivity contribution in [3.05, 3.63) is 59.2 Å². The predicted octanol–water partition coefficient (Wildman–Crippen LogP) is 2.09. The first kappa shape index (κ1) is 23.9. The van der Waals surface area contributed by atoms with Gasteiger partial charge in [-0.2, -0.15) is 10.4 Å². The number of benzene rings is 1. The number of nitrogens with one attached hydrogen (secondary N) is 1. The third-order valence-electron chi connectivity index (χ3n) is 8.36. The maximum atomic E-state index is 14.7. The molecule has 2 aromatic heterocycles. The number of ether oxygens (including phenoxy) is 2. The Morgan fingerprint density at radius 1 is 1.16 bits per heavy atom. The van der Waals surface area contributed by atoms with Gasteiger partial charge >= 0.3 is 0 Å². The van der Waals surface area contributed by atoms with Crippen LogP contribution in [-0.4, -0.2) is 85.6 Å². The van der Waals surface area contributed by atoms with E-state index in [0.717, 1.165) is 51.5 Å². The molecule has 3 aromatic rings. The van der Waals surface area contributed by atoms with Gasteiger partial charge in [-0.25, -0.2) is 8.91 Å². The van der Waals surface area contributed by atoms with Gasteiger partial charge in [-0.05, 0) is 42.3 Å². The highest BCUT2D eigenvalue weighted by Gasteiger charge is 2.50. The Bertz CT molecular complexity index is 1410. The summed E-state index contributed by atoms with van der Waals surface area (Å²) in [7, 11) is 0. The van der Waals surface area contributed by atoms with Crippen LogP contribution in [-0.2, 0) is 21.7 Å². The van der Waals surface area contributed by atoms with Crippen LogP contribution in [0.15, 0.2) is 36.5 Å². The van der Waals surface area contributed by atoms with E-state index in [1.165, 1.54) is 27.5 Å². The minimum atomic E-state index is -0.422. The van der Waals surface area contributed by atoms with Gasteiger partial charge in [0.25, 0.3) is 0 Å². The predicted molar refractivity (Wildman–Crippen MR) is 141 cm³/mol. The molecular formula is C28H32FN7O2. The Kier molecular flexibility index (Phi) is 5.78. The zero-order chi connectivity index (χ0) is 25.9. The van der Waals surface area contributed by atoms with E-state index in [1.54, 1.807) is 6.07 Å². The Morgan fingerprint density at radius 2 is 2.00 bits per heavy atom. The lowest BCUT2D eigenvalue weighted by atomic mass is 9.85. The van der Waals surface area contributed by atoms with E-state index in [2.05, 4.69) is 56.3 Å². The fourth-order valence-electron chi connectivity index (χ4n) is 6.64. The van der Waals surface area contributed by atoms with Crippen LogP contribution in [0.1, 0.15) is 23.7 Å². The zero-order valence-electron chi connectivity index (χ0n) is 21.6. The van der Waals surface area contributed by atoms with Gasteiger partial charge in [0.05, 0.1) is 30.7 Å². The molecule has 0 saturated carbocycles. The minimum absolute atomic E-state index is 0.00229. The monoisotopic (exact) mass is 517 g/mol. The number of rotatable bonds is 4. The van der Waals surface area contributed by atoms with Gasteiger partial charge in [0.15, 0.2) is 5.82 Å². The van der Waals surface area contributed by atoms with E-state index in [4.69, 9.17) is 9.47 Å². The average Bonchev–Trinajstić information content (AvgIpc) is 3.49. The SMILES string of the molecule is C[C@@H]1CN(c2ccc(C#N)n3ncc(F)c23)C[C@H](CN2CC3(C2)OCc2cc(N4CCNCC4)ccc23)O1. The number of pyridine rings is 1. The van der Waals surface area contributed by atoms with Crippen LogP contribution in [0.5, 0.6) is 0 Å². The molecule has 0 aliphatic carbocycles. The summed E-state index contributed by atoms with van der Waals surface area (Å²) in [5, 5.41) is 16.9. The first-order valence-corrected chi connectivity index (χ1v) is 13.5. The number of fused-ring (bicyclic) bond motifs is 3. The molecule has 7 rings (SSSR count). The van der Waals surface area contributed by atoms with Crippen molar-refractivity contribution in [1.82, 2.24) is 19.8 Å². The number of anilines is 2. The molecule has 3 fully saturated rings. The number of piperazine rings is 1. The minimum Gasteiger partial charge on any atom is -0.370 e. The number of morpholine rings is 1. The van der Waals surface area contributed by atoms with Gasteiger partial charge in [-0.15, -0.1) is 0 Å². The van der Waals surface area contributed by atoms with Crippen LogP contribution in [0.4, 0.5) is 15.8 Å². The van der Waals surface area contributed by atoms with E-state index in [1.807, 2.05) is 6.07 Å². The third kappa shape index (κ3) is 3.93. The molecule has 1 aromatic carbocycles. The van der Waals surface area contributed by atoms with Crippen LogP contribution in [0.25, 0.3) is 5.52 Å². The summed E-state index contributed by atoms with van der Waals surface area (Å²) in [5.41, 5.74) is 5.10. The van der Waals surface area contributed by atoms with Crippen molar-refractivity contribution < 1.29 is 13.9 Å². The van der Waals surface area contributed by atoms with Gasteiger partial charge in [0.2, 0.25) is 0 Å². The highest BCUT2D eigenvalue weighted by atomic mass is 19.1. The fourth-order valence-corrected chi connectivity index (χ4v) is 6.64. The Balaban J connectivity index is 1.04. The second-order valence-corrected chi connectivity index (χ2v) is 11.0. The van der Waals surface area contributed by atoms with Crippen LogP contribution in [0.3, 0.4) is 0 Å². The largest absolute Gasteiger partial charge is 0.370 e. The van der Waals surface area contributed by atoms with Crippen molar-refractivity contribution >= 4 is 16.9 Å². The van der Waals surface area contributed by atoms with E-state index >= 15 is 0 Å². The van der Waals surface area contributed by atoms with Crippen molar-refractivity contribution in [1.29, 1.82) is 5.26 Å². The summed E-state index contributed by atoms with van der Waals surface area (Å²) in [6, 6.07) is 12.5. The highest BCUT2D eigenvalue weighted by Crippen LogP contribution is 2.44. The molecule has 4 aliphatic rings. The number of likely N-dealkylation sites (tertiary alicyclic amines) is 1. The molecule has 0 bridgehead atoms. The number of nitriles is 1. The molecular weight excluding hydrogens is 485 g/mol. The molecule has 1 N–H and O–H groups in total. The second-order valence-electron chi connectivity index (χ2n) is 11.0. The first-order valence-electron chi connectivity index (χ1n) is 13.5. The normalized spacial score (nSPS) is 25.0. The summed E-state index contributed by atoms with van der Waals surface area (Å²) in [6.45, 7) is 10.6. The van der Waals surface area contributed by atoms with Gasteiger partial charge in [0.1, 0.15) is 22.9 Å². The lowest BCUT2D eigenvalue weighted by Gasteiger charge is -2.50. The molecule has 198 valence electrons. The van der Waals surface area contributed by atoms with Crippen molar-refractivity contribution in [3.63, 3.8) is 0 Å². The summed E-state index contributed by atoms with van der Waals surface area (Å²) < 4.78 is 28.8. The first-order chi connectivity index (χ1) is 18.5. The summed E-state index contributed by atoms with van der Waals surface area (Å²) in [4.78, 5) is 7.00. The van der Waals surface area contributed by atoms with E-state index < -0.39 is 5.82 Å². The standard InChI is InChI=1S/C28H32FN7O2/c1-19-13-35(26-5-3-22(11-30)36-27(26)25(29)12-32-36)15-23(38-19)14-33-17-28(18-33)24-4-2-21(10-20(24)16-37-28)34-8-6-31-7-9-34/h2-5,10,12,19,23,31H,6-9,13-18H2,1H3/t19-,23+/m1/s1. The molecule has 0 unspecified atom stereocenters. The van der Waals surface area contributed by atoms with E-state index in [0.29, 0.717) is 30.9 Å². The number of nitrogens with zero attached hydrogens (tertiary/aromatic N) is 6. The molecule has 3 saturated heterocycles. The molecule has 0 radical (unpaired) electrons. The Hall–Kier alpha value is -3.23. The molecule has 10 heteroatoms. The van der Waals surface area contributed by atoms with Crippen LogP contribution < -0.4 is 15.1 Å². The van der Waals surface area contributed by atoms with Crippen LogP contribution >= 0.6 is 0 Å². The topological polar surface area (TPSA) is 81.3 Å². The molecule has 2 atom stereocenters. The average molecular weight is 518 g/mol. The fraction of sp³-hybridized carbons (Fsp3) is 0.500. The van der Waals surface area contributed by atoms with Crippen LogP contribution in [0, 0.1) is 17.1 Å². The van der Waals surface area contributed by atoms with Gasteiger partial charge in [-0.1, -0.05) is 6.07 Å². The lowest BCUT2D eigenvalue weighted by Crippen LogP contribution is -2.62. The molecule has 4 aliphatic heterocycles. The molecule has 38 heavy (non-hydrogen) atoms. The van der Waals surface area contributed by atoms with Crippen molar-refractivity contribution in [2.75, 3.05) is 68.7 Å². The Morgan fingerprint density at radius 3 is 2.82 bits per heavy atom. The van der Waals surface area contributed by atoms with Crippen molar-refractivity contribution in [2.45, 2.75) is 31.3 Å². The molecule has 6 heterocycles. The number of hydrogen-bond donors (Lipinski definition) is 1.